The van der Waals surface area contributed by atoms with Crippen LogP contribution in [-0.2, 0) is 9.47 Å². The molecule has 0 aromatic rings. The summed E-state index contributed by atoms with van der Waals surface area (Å²) in [6, 6.07) is 0. The molecule has 0 aliphatic rings. The van der Waals surface area contributed by atoms with E-state index in [0.29, 0.717) is 12.5 Å². The van der Waals surface area contributed by atoms with Gasteiger partial charge in [0.2, 0.25) is 0 Å². The lowest BCUT2D eigenvalue weighted by Crippen LogP contribution is -2.46. The molecule has 0 saturated carbocycles. The predicted molar refractivity (Wildman–Crippen MR) is 105 cm³/mol. The lowest BCUT2D eigenvalue weighted by atomic mass is 9.89. The Hall–Kier alpha value is -0.0800. The summed E-state index contributed by atoms with van der Waals surface area (Å²) in [5.41, 5.74) is 0.0978. The topological polar surface area (TPSA) is 54.9 Å². The van der Waals surface area contributed by atoms with Crippen LogP contribution in [0.2, 0.25) is 0 Å². The molecule has 6 heteroatoms. The van der Waals surface area contributed by atoms with E-state index >= 15 is 0 Å². The minimum atomic E-state index is 0. The molecule has 0 aromatic carbocycles. The van der Waals surface area contributed by atoms with E-state index in [0.717, 1.165) is 32.1 Å². The van der Waals surface area contributed by atoms with Crippen molar-refractivity contribution in [3.05, 3.63) is 0 Å². The number of hydrogen-bond donors (Lipinski definition) is 2. The molecule has 0 heterocycles. The van der Waals surface area contributed by atoms with Crippen LogP contribution in [0.3, 0.4) is 0 Å². The molecule has 0 fully saturated rings. The molecular weight excluding hydrogens is 393 g/mol. The Balaban J connectivity index is 0. The fraction of sp³-hybridized carbons (Fsp3) is 0.938. The van der Waals surface area contributed by atoms with Gasteiger partial charge in [0.15, 0.2) is 5.96 Å². The average molecular weight is 429 g/mol. The van der Waals surface area contributed by atoms with Crippen LogP contribution >= 0.6 is 24.0 Å². The number of methoxy groups -OCH3 is 1. The lowest BCUT2D eigenvalue weighted by Gasteiger charge is -2.30. The summed E-state index contributed by atoms with van der Waals surface area (Å²) >= 11 is 0. The van der Waals surface area contributed by atoms with E-state index in [-0.39, 0.29) is 35.5 Å². The highest BCUT2D eigenvalue weighted by atomic mass is 127. The van der Waals surface area contributed by atoms with E-state index in [9.17, 15) is 0 Å². The van der Waals surface area contributed by atoms with E-state index in [1.807, 2.05) is 0 Å². The molecular formula is C16H36IN3O2. The van der Waals surface area contributed by atoms with Crippen molar-refractivity contribution in [2.75, 3.05) is 40.5 Å². The zero-order valence-electron chi connectivity index (χ0n) is 15.4. The first-order valence-corrected chi connectivity index (χ1v) is 7.86. The molecule has 1 unspecified atom stereocenters. The van der Waals surface area contributed by atoms with Crippen LogP contribution in [0, 0.1) is 11.3 Å². The first-order chi connectivity index (χ1) is 9.81. The fourth-order valence-electron chi connectivity index (χ4n) is 1.82. The van der Waals surface area contributed by atoms with Crippen molar-refractivity contribution >= 4 is 29.9 Å². The summed E-state index contributed by atoms with van der Waals surface area (Å²) < 4.78 is 11.1. The van der Waals surface area contributed by atoms with Crippen molar-refractivity contribution in [1.29, 1.82) is 0 Å². The summed E-state index contributed by atoms with van der Waals surface area (Å²) in [6.45, 7) is 13.9. The van der Waals surface area contributed by atoms with Crippen LogP contribution in [-0.4, -0.2) is 52.5 Å². The van der Waals surface area contributed by atoms with Crippen LogP contribution in [0.5, 0.6) is 0 Å². The normalized spacial score (nSPS) is 13.7. The van der Waals surface area contributed by atoms with Gasteiger partial charge in [-0.05, 0) is 17.8 Å². The van der Waals surface area contributed by atoms with Crippen LogP contribution in [0.25, 0.3) is 0 Å². The molecule has 0 aromatic heterocycles. The average Bonchev–Trinajstić information content (AvgIpc) is 2.39. The Bertz CT molecular complexity index is 292. The van der Waals surface area contributed by atoms with Crippen molar-refractivity contribution in [2.45, 2.75) is 47.1 Å². The van der Waals surface area contributed by atoms with Crippen LogP contribution in [0.4, 0.5) is 0 Å². The fourth-order valence-corrected chi connectivity index (χ4v) is 1.82. The van der Waals surface area contributed by atoms with E-state index in [4.69, 9.17) is 9.47 Å². The highest BCUT2D eigenvalue weighted by Gasteiger charge is 2.24. The van der Waals surface area contributed by atoms with Crippen LogP contribution in [0.15, 0.2) is 4.99 Å². The van der Waals surface area contributed by atoms with Gasteiger partial charge in [0.1, 0.15) is 0 Å². The summed E-state index contributed by atoms with van der Waals surface area (Å²) in [7, 11) is 3.52. The summed E-state index contributed by atoms with van der Waals surface area (Å²) in [6.07, 6.45) is 1.24. The maximum atomic E-state index is 5.57. The zero-order valence-corrected chi connectivity index (χ0v) is 17.7. The van der Waals surface area contributed by atoms with Crippen molar-refractivity contribution in [3.8, 4) is 0 Å². The zero-order chi connectivity index (χ0) is 16.3. The molecule has 0 saturated heterocycles. The molecule has 22 heavy (non-hydrogen) atoms. The maximum Gasteiger partial charge on any atom is 0.191 e. The largest absolute Gasteiger partial charge is 0.380 e. The van der Waals surface area contributed by atoms with E-state index in [1.165, 1.54) is 0 Å². The number of halogens is 1. The number of nitrogens with zero attached hydrogens (tertiary/aromatic N) is 1. The first kappa shape index (κ1) is 24.2. The van der Waals surface area contributed by atoms with Gasteiger partial charge in [-0.25, -0.2) is 0 Å². The number of ether oxygens (including phenoxy) is 2. The van der Waals surface area contributed by atoms with Gasteiger partial charge < -0.3 is 20.1 Å². The Morgan fingerprint density at radius 3 is 2.23 bits per heavy atom. The highest BCUT2D eigenvalue weighted by Crippen LogP contribution is 2.20. The minimum Gasteiger partial charge on any atom is -0.380 e. The Morgan fingerprint density at radius 1 is 1.14 bits per heavy atom. The number of rotatable bonds is 9. The summed E-state index contributed by atoms with van der Waals surface area (Å²) in [5.74, 6) is 1.48. The number of hydrogen-bond acceptors (Lipinski definition) is 3. The second kappa shape index (κ2) is 13.4. The third kappa shape index (κ3) is 12.5. The molecule has 0 bridgehead atoms. The number of nitrogens with one attached hydrogen (secondary N) is 2. The second-order valence-electron chi connectivity index (χ2n) is 6.77. The SMILES string of the molecule is CN=C(NCCOCCC(C)C)NCC(OC)C(C)(C)C.I. The van der Waals surface area contributed by atoms with Crippen LogP contribution in [0.1, 0.15) is 41.0 Å². The molecule has 0 rings (SSSR count). The minimum absolute atomic E-state index is 0. The maximum absolute atomic E-state index is 5.57. The summed E-state index contributed by atoms with van der Waals surface area (Å²) in [5, 5.41) is 6.54. The van der Waals surface area contributed by atoms with Gasteiger partial charge in [-0.15, -0.1) is 24.0 Å². The Labute approximate surface area is 154 Å². The molecule has 5 nitrogen and oxygen atoms in total. The van der Waals surface area contributed by atoms with Gasteiger partial charge in [-0.1, -0.05) is 34.6 Å². The molecule has 134 valence electrons. The number of aliphatic imine (C=N–C) groups is 1. The summed E-state index contributed by atoms with van der Waals surface area (Å²) in [4.78, 5) is 4.21. The lowest BCUT2D eigenvalue weighted by molar-refractivity contribution is 0.0205. The van der Waals surface area contributed by atoms with Crippen molar-refractivity contribution in [3.63, 3.8) is 0 Å². The third-order valence-electron chi connectivity index (χ3n) is 3.31. The Morgan fingerprint density at radius 2 is 1.77 bits per heavy atom. The molecule has 2 N–H and O–H groups in total. The van der Waals surface area contributed by atoms with Gasteiger partial charge in [0.05, 0.1) is 12.7 Å². The van der Waals surface area contributed by atoms with Gasteiger partial charge in [-0.2, -0.15) is 0 Å². The Kier molecular flexibility index (Phi) is 14.7. The van der Waals surface area contributed by atoms with Crippen molar-refractivity contribution in [1.82, 2.24) is 10.6 Å². The van der Waals surface area contributed by atoms with Crippen molar-refractivity contribution in [2.24, 2.45) is 16.3 Å². The van der Waals surface area contributed by atoms with E-state index in [2.05, 4.69) is 50.2 Å². The smallest absolute Gasteiger partial charge is 0.191 e. The van der Waals surface area contributed by atoms with Gasteiger partial charge in [0, 0.05) is 33.9 Å². The quantitative estimate of drug-likeness (QED) is 0.256. The molecule has 0 radical (unpaired) electrons. The third-order valence-corrected chi connectivity index (χ3v) is 3.31. The number of guanidine groups is 1. The predicted octanol–water partition coefficient (Wildman–Crippen LogP) is 2.89. The molecule has 0 spiro atoms. The molecule has 0 aliphatic heterocycles. The van der Waals surface area contributed by atoms with Gasteiger partial charge in [-0.3, -0.25) is 4.99 Å². The second-order valence-corrected chi connectivity index (χ2v) is 6.77. The van der Waals surface area contributed by atoms with Crippen LogP contribution < -0.4 is 10.6 Å². The van der Waals surface area contributed by atoms with Gasteiger partial charge >= 0.3 is 0 Å². The standard InChI is InChI=1S/C16H35N3O2.HI/c1-13(2)8-10-21-11-9-18-15(17-6)19-12-14(20-7)16(3,4)5;/h13-14H,8-12H2,1-7H3,(H2,17,18,19);1H. The van der Waals surface area contributed by atoms with Gasteiger partial charge in [0.25, 0.3) is 0 Å². The van der Waals surface area contributed by atoms with E-state index in [1.54, 1.807) is 14.2 Å². The molecule has 1 atom stereocenters. The molecule has 0 amide bonds. The first-order valence-electron chi connectivity index (χ1n) is 7.86. The van der Waals surface area contributed by atoms with Crippen molar-refractivity contribution < 1.29 is 9.47 Å². The monoisotopic (exact) mass is 429 g/mol. The van der Waals surface area contributed by atoms with E-state index < -0.39 is 0 Å². The molecule has 0 aliphatic carbocycles. The highest BCUT2D eigenvalue weighted by molar-refractivity contribution is 14.0.